The number of hydrogen-bond acceptors (Lipinski definition) is 4. The topological polar surface area (TPSA) is 82.4 Å². The molecule has 2 rings (SSSR count). The van der Waals surface area contributed by atoms with E-state index in [9.17, 15) is 13.7 Å². The normalized spacial score (nSPS) is 25.5. The molecule has 1 aliphatic heterocycles. The van der Waals surface area contributed by atoms with Gasteiger partial charge in [-0.2, -0.15) is 22.7 Å². The monoisotopic (exact) mass is 273 g/mol. The van der Waals surface area contributed by atoms with E-state index in [1.807, 2.05) is 0 Å². The molecular weight excluding hydrogens is 254 g/mol. The maximum absolute atomic E-state index is 12.2. The van der Waals surface area contributed by atoms with Crippen molar-refractivity contribution in [1.29, 1.82) is 5.26 Å². The molecule has 102 valence electrons. The molecule has 0 aromatic rings. The second-order valence-corrected chi connectivity index (χ2v) is 6.54. The van der Waals surface area contributed by atoms with E-state index in [4.69, 9.17) is 4.74 Å². The van der Waals surface area contributed by atoms with Crippen LogP contribution in [0, 0.1) is 11.3 Å². The Labute approximate surface area is 108 Å². The van der Waals surface area contributed by atoms with Crippen LogP contribution in [0.4, 0.5) is 0 Å². The average molecular weight is 273 g/mol. The summed E-state index contributed by atoms with van der Waals surface area (Å²) in [7, 11) is -3.57. The Morgan fingerprint density at radius 3 is 2.33 bits per heavy atom. The van der Waals surface area contributed by atoms with Crippen LogP contribution in [0.25, 0.3) is 0 Å². The molecule has 0 atom stereocenters. The molecule has 18 heavy (non-hydrogen) atoms. The van der Waals surface area contributed by atoms with Crippen molar-refractivity contribution in [2.45, 2.75) is 37.6 Å². The predicted molar refractivity (Wildman–Crippen MR) is 65.9 cm³/mol. The minimum absolute atomic E-state index is 0.358. The van der Waals surface area contributed by atoms with Crippen molar-refractivity contribution in [2.75, 3.05) is 26.3 Å². The molecule has 1 saturated carbocycles. The standard InChI is InChI=1S/C11H19N3O3S/c12-10-11(4-2-1-3-5-11)13-18(15,16)14-6-8-17-9-7-14/h13H,1-9H2. The van der Waals surface area contributed by atoms with Gasteiger partial charge in [0, 0.05) is 13.1 Å². The number of ether oxygens (including phenoxy) is 1. The highest BCUT2D eigenvalue weighted by atomic mass is 32.2. The average Bonchev–Trinajstić information content (AvgIpc) is 2.40. The molecule has 2 fully saturated rings. The molecule has 1 saturated heterocycles. The highest BCUT2D eigenvalue weighted by molar-refractivity contribution is 7.87. The van der Waals surface area contributed by atoms with Gasteiger partial charge in [-0.05, 0) is 12.8 Å². The summed E-state index contributed by atoms with van der Waals surface area (Å²) in [5.74, 6) is 0. The van der Waals surface area contributed by atoms with E-state index in [-0.39, 0.29) is 0 Å². The highest BCUT2D eigenvalue weighted by Gasteiger charge is 2.38. The second-order valence-electron chi connectivity index (χ2n) is 4.87. The van der Waals surface area contributed by atoms with E-state index in [2.05, 4.69) is 10.8 Å². The van der Waals surface area contributed by atoms with Crippen LogP contribution in [0.5, 0.6) is 0 Å². The van der Waals surface area contributed by atoms with Gasteiger partial charge in [0.15, 0.2) is 0 Å². The Morgan fingerprint density at radius 1 is 1.17 bits per heavy atom. The smallest absolute Gasteiger partial charge is 0.280 e. The molecule has 0 unspecified atom stereocenters. The van der Waals surface area contributed by atoms with Crippen molar-refractivity contribution in [3.05, 3.63) is 0 Å². The van der Waals surface area contributed by atoms with Gasteiger partial charge in [0.05, 0.1) is 19.3 Å². The first-order chi connectivity index (χ1) is 8.58. The number of morpholine rings is 1. The van der Waals surface area contributed by atoms with E-state index in [1.165, 1.54) is 4.31 Å². The Kier molecular flexibility index (Phi) is 4.22. The zero-order valence-electron chi connectivity index (χ0n) is 10.4. The Hall–Kier alpha value is -0.680. The van der Waals surface area contributed by atoms with E-state index in [0.717, 1.165) is 19.3 Å². The predicted octanol–water partition coefficient (Wildman–Crippen LogP) is 0.379. The van der Waals surface area contributed by atoms with Crippen molar-refractivity contribution >= 4 is 10.2 Å². The Bertz CT molecular complexity index is 417. The molecule has 1 N–H and O–H groups in total. The van der Waals surface area contributed by atoms with E-state index < -0.39 is 15.7 Å². The molecule has 6 nitrogen and oxygen atoms in total. The summed E-state index contributed by atoms with van der Waals surface area (Å²) < 4.78 is 33.6. The minimum Gasteiger partial charge on any atom is -0.379 e. The Morgan fingerprint density at radius 2 is 1.78 bits per heavy atom. The van der Waals surface area contributed by atoms with Crippen molar-refractivity contribution in [2.24, 2.45) is 0 Å². The maximum atomic E-state index is 12.2. The lowest BCUT2D eigenvalue weighted by molar-refractivity contribution is 0.0719. The second kappa shape index (κ2) is 5.53. The van der Waals surface area contributed by atoms with Crippen molar-refractivity contribution in [3.63, 3.8) is 0 Å². The molecule has 0 aromatic heterocycles. The number of hydrogen-bond donors (Lipinski definition) is 1. The van der Waals surface area contributed by atoms with Crippen LogP contribution >= 0.6 is 0 Å². The quantitative estimate of drug-likeness (QED) is 0.806. The maximum Gasteiger partial charge on any atom is 0.280 e. The van der Waals surface area contributed by atoms with Gasteiger partial charge in [-0.1, -0.05) is 19.3 Å². The fourth-order valence-corrected chi connectivity index (χ4v) is 3.99. The van der Waals surface area contributed by atoms with Gasteiger partial charge in [0.2, 0.25) is 0 Å². The third-order valence-electron chi connectivity index (χ3n) is 3.56. The lowest BCUT2D eigenvalue weighted by Crippen LogP contribution is -2.55. The molecule has 2 aliphatic rings. The molecule has 0 aromatic carbocycles. The summed E-state index contributed by atoms with van der Waals surface area (Å²) in [5.41, 5.74) is -0.907. The van der Waals surface area contributed by atoms with Crippen molar-refractivity contribution < 1.29 is 13.2 Å². The van der Waals surface area contributed by atoms with Crippen LogP contribution in [0.3, 0.4) is 0 Å². The lowest BCUT2D eigenvalue weighted by Gasteiger charge is -2.34. The lowest BCUT2D eigenvalue weighted by atomic mass is 9.84. The van der Waals surface area contributed by atoms with Gasteiger partial charge < -0.3 is 4.74 Å². The summed E-state index contributed by atoms with van der Waals surface area (Å²) >= 11 is 0. The van der Waals surface area contributed by atoms with Crippen LogP contribution in [-0.2, 0) is 14.9 Å². The summed E-state index contributed by atoms with van der Waals surface area (Å²) in [6.07, 6.45) is 4.08. The van der Waals surface area contributed by atoms with Crippen LogP contribution in [-0.4, -0.2) is 44.6 Å². The van der Waals surface area contributed by atoms with Crippen molar-refractivity contribution in [3.8, 4) is 6.07 Å². The van der Waals surface area contributed by atoms with Gasteiger partial charge >= 0.3 is 0 Å². The zero-order valence-corrected chi connectivity index (χ0v) is 11.2. The van der Waals surface area contributed by atoms with Crippen LogP contribution in [0.15, 0.2) is 0 Å². The van der Waals surface area contributed by atoms with Crippen LogP contribution in [0.2, 0.25) is 0 Å². The largest absolute Gasteiger partial charge is 0.379 e. The molecule has 7 heteroatoms. The first kappa shape index (κ1) is 13.7. The number of nitriles is 1. The van der Waals surface area contributed by atoms with Gasteiger partial charge in [-0.25, -0.2) is 0 Å². The SMILES string of the molecule is N#CC1(NS(=O)(=O)N2CCOCC2)CCCCC1. The van der Waals surface area contributed by atoms with E-state index >= 15 is 0 Å². The van der Waals surface area contributed by atoms with Gasteiger partial charge in [0.25, 0.3) is 10.2 Å². The summed E-state index contributed by atoms with van der Waals surface area (Å²) in [6, 6.07) is 2.16. The molecule has 1 aliphatic carbocycles. The first-order valence-electron chi connectivity index (χ1n) is 6.36. The molecular formula is C11H19N3O3S. The molecule has 1 heterocycles. The van der Waals surface area contributed by atoms with Crippen LogP contribution in [0.1, 0.15) is 32.1 Å². The minimum atomic E-state index is -3.57. The Balaban J connectivity index is 2.08. The molecule has 0 radical (unpaired) electrons. The summed E-state index contributed by atoms with van der Waals surface area (Å²) in [6.45, 7) is 1.55. The summed E-state index contributed by atoms with van der Waals surface area (Å²) in [5, 5.41) is 9.28. The fourth-order valence-electron chi connectivity index (χ4n) is 2.49. The number of rotatable bonds is 3. The third-order valence-corrected chi connectivity index (χ3v) is 5.25. The van der Waals surface area contributed by atoms with E-state index in [0.29, 0.717) is 39.1 Å². The highest BCUT2D eigenvalue weighted by Crippen LogP contribution is 2.28. The fraction of sp³-hybridized carbons (Fsp3) is 0.909. The molecule has 0 bridgehead atoms. The van der Waals surface area contributed by atoms with Gasteiger partial charge in [-0.15, -0.1) is 0 Å². The van der Waals surface area contributed by atoms with Crippen LogP contribution < -0.4 is 4.72 Å². The summed E-state index contributed by atoms with van der Waals surface area (Å²) in [4.78, 5) is 0. The number of nitrogens with zero attached hydrogens (tertiary/aromatic N) is 2. The van der Waals surface area contributed by atoms with Crippen molar-refractivity contribution in [1.82, 2.24) is 9.03 Å². The molecule has 0 amide bonds. The first-order valence-corrected chi connectivity index (χ1v) is 7.80. The van der Waals surface area contributed by atoms with Gasteiger partial charge in [-0.3, -0.25) is 0 Å². The van der Waals surface area contributed by atoms with Gasteiger partial charge in [0.1, 0.15) is 5.54 Å². The van der Waals surface area contributed by atoms with E-state index in [1.54, 1.807) is 0 Å². The zero-order chi connectivity index (χ0) is 13.1. The number of nitrogens with one attached hydrogen (secondary N) is 1. The molecule has 0 spiro atoms. The third kappa shape index (κ3) is 3.01.